The van der Waals surface area contributed by atoms with Gasteiger partial charge in [-0.05, 0) is 42.2 Å². The van der Waals surface area contributed by atoms with Gasteiger partial charge in [-0.15, -0.1) is 0 Å². The smallest absolute Gasteiger partial charge is 0.247 e. The van der Waals surface area contributed by atoms with E-state index >= 15 is 0 Å². The highest BCUT2D eigenvalue weighted by Crippen LogP contribution is 2.31. The lowest BCUT2D eigenvalue weighted by atomic mass is 9.79. The molecule has 2 atom stereocenters. The van der Waals surface area contributed by atoms with Crippen LogP contribution in [0.3, 0.4) is 0 Å². The van der Waals surface area contributed by atoms with E-state index in [1.54, 1.807) is 23.9 Å². The molecule has 3 N–H and O–H groups in total. The number of carbonyl (C=O) groups is 3. The van der Waals surface area contributed by atoms with E-state index in [-0.39, 0.29) is 30.1 Å². The second-order valence-corrected chi connectivity index (χ2v) is 11.2. The Kier molecular flexibility index (Phi) is 12.9. The zero-order valence-corrected chi connectivity index (χ0v) is 22.5. The summed E-state index contributed by atoms with van der Waals surface area (Å²) >= 11 is 0. The van der Waals surface area contributed by atoms with Crippen LogP contribution in [0.5, 0.6) is 0 Å². The monoisotopic (exact) mass is 502 g/mol. The van der Waals surface area contributed by atoms with Crippen molar-refractivity contribution in [1.82, 2.24) is 20.9 Å². The number of nitrogens with one attached hydrogen (secondary N) is 2. The highest BCUT2D eigenvalue weighted by atomic mass is 16.5. The van der Waals surface area contributed by atoms with Crippen molar-refractivity contribution in [1.29, 1.82) is 0 Å². The van der Waals surface area contributed by atoms with Crippen molar-refractivity contribution in [3.8, 4) is 0 Å². The molecule has 1 aliphatic rings. The number of hydrazine groups is 1. The number of hydrogen-bond donors (Lipinski definition) is 3. The average molecular weight is 503 g/mol. The molecule has 8 nitrogen and oxygen atoms in total. The first-order valence-corrected chi connectivity index (χ1v) is 13.6. The van der Waals surface area contributed by atoms with Crippen LogP contribution in [-0.4, -0.2) is 39.5 Å². The number of rotatable bonds is 13. The van der Waals surface area contributed by atoms with E-state index in [1.807, 2.05) is 33.8 Å². The Balaban J connectivity index is 2.14. The number of hydroxylamine groups is 1. The van der Waals surface area contributed by atoms with Crippen molar-refractivity contribution in [3.05, 3.63) is 30.1 Å². The summed E-state index contributed by atoms with van der Waals surface area (Å²) in [7, 11) is 0. The highest BCUT2D eigenvalue weighted by Gasteiger charge is 2.35. The number of carbonyl (C=O) groups excluding carboxylic acids is 3. The molecule has 0 radical (unpaired) electrons. The van der Waals surface area contributed by atoms with E-state index in [0.29, 0.717) is 25.3 Å². The normalized spacial score (nSPS) is 16.0. The van der Waals surface area contributed by atoms with Gasteiger partial charge in [-0.2, -0.15) is 0 Å². The van der Waals surface area contributed by atoms with Gasteiger partial charge in [0.25, 0.3) is 0 Å². The molecule has 0 bridgehead atoms. The van der Waals surface area contributed by atoms with Gasteiger partial charge in [-0.25, -0.2) is 5.48 Å². The molecule has 3 amide bonds. The van der Waals surface area contributed by atoms with Crippen LogP contribution < -0.4 is 10.9 Å². The van der Waals surface area contributed by atoms with Gasteiger partial charge in [-0.3, -0.25) is 35.0 Å². The number of hydrogen-bond acceptors (Lipinski definition) is 5. The maximum absolute atomic E-state index is 13.6. The zero-order chi connectivity index (χ0) is 26.5. The summed E-state index contributed by atoms with van der Waals surface area (Å²) in [5, 5.41) is 10.8. The predicted molar refractivity (Wildman–Crippen MR) is 139 cm³/mol. The second-order valence-electron chi connectivity index (χ2n) is 11.2. The summed E-state index contributed by atoms with van der Waals surface area (Å²) in [6.45, 7) is 8.34. The van der Waals surface area contributed by atoms with Gasteiger partial charge in [0.2, 0.25) is 17.7 Å². The molecular formula is C28H46N4O4. The third kappa shape index (κ3) is 10.2. The van der Waals surface area contributed by atoms with Crippen LogP contribution in [-0.2, 0) is 20.8 Å². The van der Waals surface area contributed by atoms with E-state index in [4.69, 9.17) is 0 Å². The van der Waals surface area contributed by atoms with Gasteiger partial charge in [0, 0.05) is 18.9 Å². The first-order valence-electron chi connectivity index (χ1n) is 13.6. The first kappa shape index (κ1) is 29.7. The lowest BCUT2D eigenvalue weighted by Crippen LogP contribution is -2.52. The van der Waals surface area contributed by atoms with Crippen molar-refractivity contribution < 1.29 is 19.6 Å². The van der Waals surface area contributed by atoms with Gasteiger partial charge in [0.15, 0.2) is 0 Å². The second kappa shape index (κ2) is 15.6. The van der Waals surface area contributed by atoms with Gasteiger partial charge < -0.3 is 0 Å². The summed E-state index contributed by atoms with van der Waals surface area (Å²) in [6.07, 6.45) is 12.6. The molecule has 1 heterocycles. The largest absolute Gasteiger partial charge is 0.289 e. The third-order valence-corrected chi connectivity index (χ3v) is 7.02. The summed E-state index contributed by atoms with van der Waals surface area (Å²) < 4.78 is 0. The molecule has 0 saturated heterocycles. The Labute approximate surface area is 216 Å². The number of amides is 3. The Bertz CT molecular complexity index is 809. The van der Waals surface area contributed by atoms with Crippen LogP contribution in [0, 0.1) is 29.6 Å². The van der Waals surface area contributed by atoms with Crippen LogP contribution in [0.25, 0.3) is 0 Å². The van der Waals surface area contributed by atoms with Gasteiger partial charge >= 0.3 is 0 Å². The molecule has 0 spiro atoms. The van der Waals surface area contributed by atoms with E-state index in [1.165, 1.54) is 37.1 Å². The minimum absolute atomic E-state index is 0.123. The zero-order valence-electron chi connectivity index (χ0n) is 22.5. The number of pyridine rings is 1. The fourth-order valence-corrected chi connectivity index (χ4v) is 5.23. The fraction of sp³-hybridized carbons (Fsp3) is 0.714. The molecule has 1 saturated carbocycles. The number of nitrogens with zero attached hydrogens (tertiary/aromatic N) is 2. The molecule has 0 aliphatic heterocycles. The van der Waals surface area contributed by atoms with Crippen molar-refractivity contribution in [2.45, 2.75) is 91.9 Å². The summed E-state index contributed by atoms with van der Waals surface area (Å²) in [5.41, 5.74) is 5.40. The molecule has 1 aliphatic carbocycles. The number of aromatic nitrogens is 1. The quantitative estimate of drug-likeness (QED) is 0.268. The third-order valence-electron chi connectivity index (χ3n) is 7.02. The van der Waals surface area contributed by atoms with E-state index in [9.17, 15) is 19.6 Å². The van der Waals surface area contributed by atoms with Gasteiger partial charge in [0.1, 0.15) is 0 Å². The standard InChI is InChI=1S/C28H46N4O4/c1-20(2)16-25(24(28(35)31-36)14-8-12-22-10-6-5-7-11-22)27(34)30-32(19-21(3)4)26(33)17-23-13-9-15-29-18-23/h9,13,15,18,20-22,24-25,36H,5-8,10-12,14,16-17,19H2,1-4H3,(H,30,34)(H,31,35)/t24-,25+/m0/s1. The van der Waals surface area contributed by atoms with Crippen LogP contribution >= 0.6 is 0 Å². The van der Waals surface area contributed by atoms with Crippen molar-refractivity contribution in [3.63, 3.8) is 0 Å². The lowest BCUT2D eigenvalue weighted by Gasteiger charge is -2.31. The molecule has 1 fully saturated rings. The highest BCUT2D eigenvalue weighted by molar-refractivity contribution is 5.89. The Morgan fingerprint density at radius 3 is 2.36 bits per heavy atom. The van der Waals surface area contributed by atoms with Gasteiger partial charge in [0.05, 0.1) is 18.3 Å². The maximum Gasteiger partial charge on any atom is 0.247 e. The van der Waals surface area contributed by atoms with Crippen LogP contribution in [0.1, 0.15) is 91.0 Å². The minimum atomic E-state index is -0.657. The molecule has 36 heavy (non-hydrogen) atoms. The molecule has 0 aromatic carbocycles. The fourth-order valence-electron chi connectivity index (χ4n) is 5.23. The molecule has 2 rings (SSSR count). The van der Waals surface area contributed by atoms with E-state index < -0.39 is 17.7 Å². The Morgan fingerprint density at radius 1 is 1.06 bits per heavy atom. The topological polar surface area (TPSA) is 112 Å². The Hall–Kier alpha value is -2.48. The first-order chi connectivity index (χ1) is 17.2. The Morgan fingerprint density at radius 2 is 1.78 bits per heavy atom. The molecule has 1 aromatic heterocycles. The molecular weight excluding hydrogens is 456 g/mol. The minimum Gasteiger partial charge on any atom is -0.289 e. The molecule has 202 valence electrons. The summed E-state index contributed by atoms with van der Waals surface area (Å²) in [5.74, 6) is -1.43. The predicted octanol–water partition coefficient (Wildman–Crippen LogP) is 4.67. The average Bonchev–Trinajstić information content (AvgIpc) is 2.85. The molecule has 1 aromatic rings. The van der Waals surface area contributed by atoms with E-state index in [0.717, 1.165) is 18.4 Å². The summed E-state index contributed by atoms with van der Waals surface area (Å²) in [4.78, 5) is 43.5. The lowest BCUT2D eigenvalue weighted by molar-refractivity contribution is -0.147. The molecule has 0 unspecified atom stereocenters. The SMILES string of the molecule is CC(C)C[C@@H](C(=O)NN(CC(C)C)C(=O)Cc1cccnc1)[C@H](CCCC1CCCCC1)C(=O)NO. The van der Waals surface area contributed by atoms with Crippen molar-refractivity contribution >= 4 is 17.7 Å². The maximum atomic E-state index is 13.6. The van der Waals surface area contributed by atoms with Crippen LogP contribution in [0.2, 0.25) is 0 Å². The van der Waals surface area contributed by atoms with Crippen LogP contribution in [0.4, 0.5) is 0 Å². The van der Waals surface area contributed by atoms with E-state index in [2.05, 4.69) is 10.4 Å². The van der Waals surface area contributed by atoms with Gasteiger partial charge in [-0.1, -0.05) is 78.7 Å². The van der Waals surface area contributed by atoms with Crippen LogP contribution in [0.15, 0.2) is 24.5 Å². The molecule has 8 heteroatoms. The summed E-state index contributed by atoms with van der Waals surface area (Å²) in [6, 6.07) is 3.61. The van der Waals surface area contributed by atoms with Crippen molar-refractivity contribution in [2.75, 3.05) is 6.54 Å². The van der Waals surface area contributed by atoms with Crippen molar-refractivity contribution in [2.24, 2.45) is 29.6 Å².